The largest absolute Gasteiger partial charge is 0.354 e. The van der Waals surface area contributed by atoms with Crippen molar-refractivity contribution in [2.45, 2.75) is 0 Å². The molecule has 10 nitrogen and oxygen atoms in total. The van der Waals surface area contributed by atoms with Crippen LogP contribution in [0.15, 0.2) is 55.1 Å². The van der Waals surface area contributed by atoms with E-state index in [1.54, 1.807) is 16.9 Å². The van der Waals surface area contributed by atoms with Crippen molar-refractivity contribution >= 4 is 23.1 Å². The molecule has 4 aromatic rings. The van der Waals surface area contributed by atoms with Gasteiger partial charge in [-0.25, -0.2) is 9.97 Å². The molecule has 3 aromatic heterocycles. The molecule has 0 spiro atoms. The van der Waals surface area contributed by atoms with Crippen molar-refractivity contribution in [1.29, 1.82) is 0 Å². The fourth-order valence-corrected chi connectivity index (χ4v) is 3.51. The zero-order valence-electron chi connectivity index (χ0n) is 17.0. The highest BCUT2D eigenvalue weighted by Gasteiger charge is 2.17. The van der Waals surface area contributed by atoms with Crippen LogP contribution in [0.4, 0.5) is 11.5 Å². The van der Waals surface area contributed by atoms with Crippen LogP contribution in [0.25, 0.3) is 16.9 Å². The number of carbonyl (C=O) groups excluding carboxylic acids is 1. The Bertz CT molecular complexity index is 1230. The summed E-state index contributed by atoms with van der Waals surface area (Å²) in [5.74, 6) is 0.491. The summed E-state index contributed by atoms with van der Waals surface area (Å²) in [4.78, 5) is 25.8. The predicted molar refractivity (Wildman–Crippen MR) is 116 cm³/mol. The van der Waals surface area contributed by atoms with Crippen LogP contribution < -0.4 is 10.2 Å². The summed E-state index contributed by atoms with van der Waals surface area (Å²) in [5.41, 5.74) is 3.29. The molecule has 0 unspecified atom stereocenters. The van der Waals surface area contributed by atoms with Gasteiger partial charge in [-0.3, -0.25) is 4.79 Å². The van der Waals surface area contributed by atoms with Crippen molar-refractivity contribution in [3.8, 4) is 11.3 Å². The van der Waals surface area contributed by atoms with Gasteiger partial charge in [0.25, 0.3) is 5.91 Å². The molecule has 0 bridgehead atoms. The van der Waals surface area contributed by atoms with E-state index in [1.807, 2.05) is 36.4 Å². The summed E-state index contributed by atoms with van der Waals surface area (Å²) >= 11 is 0. The highest BCUT2D eigenvalue weighted by atomic mass is 16.1. The number of benzene rings is 1. The van der Waals surface area contributed by atoms with E-state index in [9.17, 15) is 4.79 Å². The van der Waals surface area contributed by atoms with Gasteiger partial charge in [-0.05, 0) is 31.3 Å². The number of fused-ring (bicyclic) bond motifs is 1. The van der Waals surface area contributed by atoms with Crippen LogP contribution in [0.1, 0.15) is 10.5 Å². The lowest BCUT2D eigenvalue weighted by Gasteiger charge is -2.33. The van der Waals surface area contributed by atoms with Crippen LogP contribution >= 0.6 is 0 Å². The van der Waals surface area contributed by atoms with E-state index in [-0.39, 0.29) is 5.91 Å². The quantitative estimate of drug-likeness (QED) is 0.536. The van der Waals surface area contributed by atoms with Crippen LogP contribution in [0.3, 0.4) is 0 Å². The molecule has 0 aliphatic carbocycles. The van der Waals surface area contributed by atoms with E-state index < -0.39 is 0 Å². The summed E-state index contributed by atoms with van der Waals surface area (Å²) in [6.07, 6.45) is 2.99. The van der Waals surface area contributed by atoms with Crippen LogP contribution in [-0.2, 0) is 0 Å². The van der Waals surface area contributed by atoms with E-state index in [2.05, 4.69) is 47.4 Å². The Morgan fingerprint density at radius 3 is 2.77 bits per heavy atom. The first-order valence-corrected chi connectivity index (χ1v) is 10.0. The number of hydrogen-bond acceptors (Lipinski definition) is 8. The molecule has 1 aliphatic heterocycles. The molecule has 0 saturated carbocycles. The second-order valence-electron chi connectivity index (χ2n) is 7.44. The van der Waals surface area contributed by atoms with Gasteiger partial charge in [-0.1, -0.05) is 12.1 Å². The van der Waals surface area contributed by atoms with E-state index in [0.29, 0.717) is 17.0 Å². The first kappa shape index (κ1) is 19.1. The average molecular weight is 415 g/mol. The minimum Gasteiger partial charge on any atom is -0.354 e. The lowest BCUT2D eigenvalue weighted by atomic mass is 10.1. The van der Waals surface area contributed by atoms with Gasteiger partial charge >= 0.3 is 0 Å². The number of aromatic nitrogens is 6. The van der Waals surface area contributed by atoms with Gasteiger partial charge in [0, 0.05) is 43.5 Å². The Balaban J connectivity index is 1.34. The molecule has 0 radical (unpaired) electrons. The van der Waals surface area contributed by atoms with E-state index >= 15 is 0 Å². The second-order valence-corrected chi connectivity index (χ2v) is 7.44. The molecular weight excluding hydrogens is 394 g/mol. The van der Waals surface area contributed by atoms with Gasteiger partial charge in [0.1, 0.15) is 24.2 Å². The second kappa shape index (κ2) is 8.07. The van der Waals surface area contributed by atoms with Crippen LogP contribution in [0.2, 0.25) is 0 Å². The molecule has 1 fully saturated rings. The summed E-state index contributed by atoms with van der Waals surface area (Å²) in [7, 11) is 2.10. The molecule has 156 valence electrons. The number of anilines is 2. The number of rotatable bonds is 4. The number of likely N-dealkylation sites (N-methyl/N-ethyl adjacent to an activating group) is 1. The van der Waals surface area contributed by atoms with Crippen molar-refractivity contribution < 1.29 is 4.79 Å². The smallest absolute Gasteiger partial charge is 0.274 e. The number of carbonyl (C=O) groups is 1. The Hall–Kier alpha value is -3.92. The van der Waals surface area contributed by atoms with Crippen molar-refractivity contribution in [2.75, 3.05) is 43.4 Å². The maximum absolute atomic E-state index is 12.8. The Morgan fingerprint density at radius 2 is 1.90 bits per heavy atom. The molecule has 4 heterocycles. The molecule has 1 saturated heterocycles. The lowest BCUT2D eigenvalue weighted by molar-refractivity contribution is 0.102. The summed E-state index contributed by atoms with van der Waals surface area (Å²) in [6.45, 7) is 3.68. The zero-order valence-corrected chi connectivity index (χ0v) is 17.0. The molecule has 31 heavy (non-hydrogen) atoms. The SMILES string of the molecule is CN1CCN(c2cc(C(=O)Nc3cccc(-c4ccc5nncn5n4)c3)ncn2)CC1. The number of piperazine rings is 1. The Kier molecular flexibility index (Phi) is 4.97. The third-order valence-electron chi connectivity index (χ3n) is 5.29. The number of nitrogens with one attached hydrogen (secondary N) is 1. The highest BCUT2D eigenvalue weighted by molar-refractivity contribution is 6.03. The van der Waals surface area contributed by atoms with E-state index in [0.717, 1.165) is 43.3 Å². The molecule has 10 heteroatoms. The van der Waals surface area contributed by atoms with Gasteiger partial charge in [-0.2, -0.15) is 9.61 Å². The zero-order chi connectivity index (χ0) is 21.2. The van der Waals surface area contributed by atoms with Gasteiger partial charge in [0.2, 0.25) is 0 Å². The van der Waals surface area contributed by atoms with Gasteiger partial charge in [0.05, 0.1) is 5.69 Å². The minimum atomic E-state index is -0.280. The van der Waals surface area contributed by atoms with Crippen molar-refractivity contribution in [3.63, 3.8) is 0 Å². The molecule has 1 aromatic carbocycles. The number of hydrogen-bond donors (Lipinski definition) is 1. The lowest BCUT2D eigenvalue weighted by Crippen LogP contribution is -2.44. The van der Waals surface area contributed by atoms with E-state index in [1.165, 1.54) is 6.33 Å². The highest BCUT2D eigenvalue weighted by Crippen LogP contribution is 2.22. The van der Waals surface area contributed by atoms with Gasteiger partial charge in [-0.15, -0.1) is 10.2 Å². The first-order valence-electron chi connectivity index (χ1n) is 10.0. The standard InChI is InChI=1S/C21H21N9O/c1-28-7-9-29(10-8-28)20-12-18(22-13-23-20)21(31)25-16-4-2-3-15(11-16)17-5-6-19-26-24-14-30(19)27-17/h2-6,11-14H,7-10H2,1H3,(H,25,31). The topological polar surface area (TPSA) is 104 Å². The average Bonchev–Trinajstić information content (AvgIpc) is 3.28. The fraction of sp³-hybridized carbons (Fsp3) is 0.238. The van der Waals surface area contributed by atoms with Gasteiger partial charge in [0.15, 0.2) is 5.65 Å². The van der Waals surface area contributed by atoms with Crippen molar-refractivity contribution in [2.24, 2.45) is 0 Å². The fourth-order valence-electron chi connectivity index (χ4n) is 3.51. The molecule has 5 rings (SSSR count). The Morgan fingerprint density at radius 1 is 1.03 bits per heavy atom. The molecule has 1 aliphatic rings. The number of nitrogens with zero attached hydrogens (tertiary/aromatic N) is 8. The maximum Gasteiger partial charge on any atom is 0.274 e. The van der Waals surface area contributed by atoms with Crippen molar-refractivity contribution in [1.82, 2.24) is 34.7 Å². The molecule has 1 N–H and O–H groups in total. The van der Waals surface area contributed by atoms with Crippen LogP contribution in [0, 0.1) is 0 Å². The summed E-state index contributed by atoms with van der Waals surface area (Å²) in [5, 5.41) is 15.2. The number of amides is 1. The van der Waals surface area contributed by atoms with Crippen LogP contribution in [0.5, 0.6) is 0 Å². The predicted octanol–water partition coefficient (Wildman–Crippen LogP) is 1.59. The maximum atomic E-state index is 12.8. The third kappa shape index (κ3) is 4.05. The first-order chi connectivity index (χ1) is 15.2. The third-order valence-corrected chi connectivity index (χ3v) is 5.29. The van der Waals surface area contributed by atoms with Crippen molar-refractivity contribution in [3.05, 3.63) is 60.8 Å². The minimum absolute atomic E-state index is 0.280. The normalized spacial score (nSPS) is 14.7. The monoisotopic (exact) mass is 415 g/mol. The molecule has 0 atom stereocenters. The molecular formula is C21H21N9O. The molecule has 1 amide bonds. The van der Waals surface area contributed by atoms with Gasteiger partial charge < -0.3 is 15.1 Å². The summed E-state index contributed by atoms with van der Waals surface area (Å²) in [6, 6.07) is 13.0. The Labute approximate surface area is 178 Å². The summed E-state index contributed by atoms with van der Waals surface area (Å²) < 4.78 is 1.61. The van der Waals surface area contributed by atoms with Crippen LogP contribution in [-0.4, -0.2) is 73.8 Å². The van der Waals surface area contributed by atoms with E-state index in [4.69, 9.17) is 0 Å².